The van der Waals surface area contributed by atoms with Crippen molar-refractivity contribution in [1.29, 1.82) is 1.43 Å². The number of nitrogens with one attached hydrogen (secondary N) is 1. The minimum Gasteiger partial charge on any atom is -0.462 e. The van der Waals surface area contributed by atoms with Gasteiger partial charge in [0.25, 0.3) is 0 Å². The molecule has 0 radical (unpaired) electrons. The van der Waals surface area contributed by atoms with E-state index in [1.807, 2.05) is 0 Å². The number of carbonyl (C=O) groups is 3. The number of aliphatic hydroxyl groups is 2. The zero-order valence-electron chi connectivity index (χ0n) is 40.3. The van der Waals surface area contributed by atoms with Crippen LogP contribution in [0.25, 0.3) is 1.43 Å². The summed E-state index contributed by atoms with van der Waals surface area (Å²) >= 11 is 0. The van der Waals surface area contributed by atoms with Crippen LogP contribution in [0.4, 0.5) is 0 Å². The second kappa shape index (κ2) is 38.4. The highest BCUT2D eigenvalue weighted by Crippen LogP contribution is 2.28. The smallest absolute Gasteiger partial charge is 0.397 e. The van der Waals surface area contributed by atoms with Gasteiger partial charge in [-0.15, -0.1) is 0 Å². The van der Waals surface area contributed by atoms with Crippen molar-refractivity contribution in [3.8, 4) is 0 Å². The lowest BCUT2D eigenvalue weighted by Crippen LogP contribution is -2.66. The summed E-state index contributed by atoms with van der Waals surface area (Å²) in [6.45, 7) is 5.77. The van der Waals surface area contributed by atoms with E-state index in [1.54, 1.807) is 0 Å². The number of unbranched alkanes of at least 4 members (excludes halogenated alkanes) is 28. The molecule has 1 aliphatic rings. The molecular weight excluding hydrogens is 815 g/mol. The van der Waals surface area contributed by atoms with E-state index in [0.29, 0.717) is 19.3 Å². The Morgan fingerprint density at radius 1 is 0.613 bits per heavy atom. The van der Waals surface area contributed by atoms with Crippen LogP contribution in [0.2, 0.25) is 0 Å². The number of ether oxygens (including phenoxy) is 3. The first-order valence-corrected chi connectivity index (χ1v) is 26.6. The third-order valence-electron chi connectivity index (χ3n) is 12.0. The summed E-state index contributed by atoms with van der Waals surface area (Å²) in [5, 5.41) is 23.7. The Hall–Kier alpha value is -1.84. The largest absolute Gasteiger partial charge is 0.462 e. The predicted molar refractivity (Wildman–Crippen MR) is 245 cm³/mol. The third-order valence-corrected chi connectivity index (χ3v) is 12.4. The van der Waals surface area contributed by atoms with Crippen LogP contribution in [-0.2, 0) is 43.2 Å². The van der Waals surface area contributed by atoms with Gasteiger partial charge in [0.1, 0.15) is 24.4 Å². The number of carbonyl (C=O) groups excluding carboxylic acids is 3. The van der Waals surface area contributed by atoms with Gasteiger partial charge < -0.3 is 29.7 Å². The first kappa shape index (κ1) is 56.3. The fraction of sp³-hybridized carbons (Fsp3) is 0.938. The maximum Gasteiger partial charge on any atom is 0.397 e. The van der Waals surface area contributed by atoms with Crippen LogP contribution in [0.5, 0.6) is 0 Å². The van der Waals surface area contributed by atoms with E-state index in [0.717, 1.165) is 70.6 Å². The standard InChI is InChI=1S/C48H91NO12S/c1-4-7-10-13-16-19-21-24-27-30-33-36-43(52)58-40(35-32-29-26-23-18-15-12-9-6-3)38-42(51)49-45-47(46(61-62(55,56)57)41(39-50)59-48(45)54)60-44(53)37-34-31-28-25-22-20-17-14-11-8-5-2/h40-41,45-48,50,54H,4-39H2,1-3H3,(H,49,51)(H,55,56,57)/t40-,41-,45-,46-,47-,48?/m1/s1/i/hD. The summed E-state index contributed by atoms with van der Waals surface area (Å²) < 4.78 is 57.4. The molecule has 0 bridgehead atoms. The topological polar surface area (TPSA) is 195 Å². The Kier molecular flexibility index (Phi) is 34.9. The summed E-state index contributed by atoms with van der Waals surface area (Å²) in [5.74, 6) is -1.76. The lowest BCUT2D eigenvalue weighted by Gasteiger charge is -2.43. The van der Waals surface area contributed by atoms with Crippen molar-refractivity contribution in [3.05, 3.63) is 0 Å². The highest BCUT2D eigenvalue weighted by Gasteiger charge is 2.50. The second-order valence-electron chi connectivity index (χ2n) is 17.8. The van der Waals surface area contributed by atoms with E-state index in [1.165, 1.54) is 116 Å². The molecule has 1 saturated heterocycles. The number of hydrogen-bond acceptors (Lipinski definition) is 12. The molecule has 62 heavy (non-hydrogen) atoms. The van der Waals surface area contributed by atoms with Gasteiger partial charge in [0, 0.05) is 12.8 Å². The van der Waals surface area contributed by atoms with Crippen LogP contribution in [0, 0.1) is 0 Å². The van der Waals surface area contributed by atoms with E-state index in [4.69, 9.17) is 19.8 Å². The van der Waals surface area contributed by atoms with Crippen molar-refractivity contribution in [1.82, 2.24) is 5.32 Å². The molecule has 13 nitrogen and oxygen atoms in total. The lowest BCUT2D eigenvalue weighted by atomic mass is 9.96. The van der Waals surface area contributed by atoms with E-state index >= 15 is 0 Å². The number of amides is 1. The molecule has 366 valence electrons. The lowest BCUT2D eigenvalue weighted by molar-refractivity contribution is -0.254. The van der Waals surface area contributed by atoms with Gasteiger partial charge in [-0.3, -0.25) is 18.9 Å². The Bertz CT molecular complexity index is 1240. The van der Waals surface area contributed by atoms with Crippen molar-refractivity contribution in [3.63, 3.8) is 0 Å². The van der Waals surface area contributed by atoms with Crippen LogP contribution in [0.1, 0.15) is 245 Å². The second-order valence-corrected chi connectivity index (χ2v) is 18.8. The first-order valence-electron chi connectivity index (χ1n) is 25.6. The SMILES string of the molecule is [2H]OS(=O)(=O)O[C@H]1[C@H](OC(=O)CCCCCCCCCCCCC)[C@@H](NC(=O)C[C@@H](CCCCCCCCCCC)OC(=O)CCCCCCCCCCCCC)C(O)O[C@@H]1CO. The van der Waals surface area contributed by atoms with Gasteiger partial charge in [-0.05, 0) is 25.7 Å². The third kappa shape index (κ3) is 31.1. The molecule has 1 heterocycles. The number of rotatable bonds is 43. The zero-order valence-corrected chi connectivity index (χ0v) is 40.1. The molecule has 6 atom stereocenters. The Labute approximate surface area is 378 Å². The highest BCUT2D eigenvalue weighted by molar-refractivity contribution is 7.80. The monoisotopic (exact) mass is 907 g/mol. The number of aliphatic hydroxyl groups excluding tert-OH is 2. The molecule has 0 aliphatic carbocycles. The molecule has 0 aromatic rings. The molecule has 1 rings (SSSR count). The van der Waals surface area contributed by atoms with Gasteiger partial charge >= 0.3 is 22.3 Å². The van der Waals surface area contributed by atoms with Crippen molar-refractivity contribution >= 4 is 28.2 Å². The highest BCUT2D eigenvalue weighted by atomic mass is 32.3. The zero-order chi connectivity index (χ0) is 46.4. The van der Waals surface area contributed by atoms with Crippen LogP contribution in [-0.4, -0.2) is 84.4 Å². The minimum absolute atomic E-state index is 0.0146. The van der Waals surface area contributed by atoms with Crippen LogP contribution in [0.3, 0.4) is 0 Å². The molecule has 14 heteroatoms. The van der Waals surface area contributed by atoms with Gasteiger partial charge in [-0.1, -0.05) is 201 Å². The van der Waals surface area contributed by atoms with Crippen LogP contribution in [0.15, 0.2) is 0 Å². The summed E-state index contributed by atoms with van der Waals surface area (Å²) in [6.07, 6.45) is 27.3. The molecule has 1 amide bonds. The number of esters is 2. The van der Waals surface area contributed by atoms with Gasteiger partial charge in [0.15, 0.2) is 12.4 Å². The van der Waals surface area contributed by atoms with Gasteiger partial charge in [0.05, 0.1) is 13.0 Å². The first-order chi connectivity index (χ1) is 30.5. The van der Waals surface area contributed by atoms with Crippen molar-refractivity contribution in [2.75, 3.05) is 6.61 Å². The predicted octanol–water partition coefficient (Wildman–Crippen LogP) is 10.9. The number of hydrogen-bond donors (Lipinski definition) is 4. The molecule has 1 unspecified atom stereocenters. The van der Waals surface area contributed by atoms with Gasteiger partial charge in [-0.25, -0.2) is 4.18 Å². The fourth-order valence-electron chi connectivity index (χ4n) is 8.27. The molecule has 0 saturated carbocycles. The van der Waals surface area contributed by atoms with E-state index in [-0.39, 0.29) is 25.2 Å². The average molecular weight is 907 g/mol. The van der Waals surface area contributed by atoms with Gasteiger partial charge in [0.2, 0.25) is 7.34 Å². The molecule has 0 aromatic carbocycles. The van der Waals surface area contributed by atoms with Crippen molar-refractivity contribution in [2.45, 2.75) is 282 Å². The molecule has 4 N–H and O–H groups in total. The Morgan fingerprint density at radius 2 is 1.02 bits per heavy atom. The van der Waals surface area contributed by atoms with Crippen LogP contribution >= 0.6 is 0 Å². The average Bonchev–Trinajstić information content (AvgIpc) is 3.26. The summed E-state index contributed by atoms with van der Waals surface area (Å²) in [6, 6.07) is -1.53. The summed E-state index contributed by atoms with van der Waals surface area (Å²) in [5.41, 5.74) is 0. The van der Waals surface area contributed by atoms with E-state index in [9.17, 15) is 33.0 Å². The van der Waals surface area contributed by atoms with Gasteiger partial charge in [-0.2, -0.15) is 8.42 Å². The molecular formula is C48H91NO12S. The quantitative estimate of drug-likeness (QED) is 0.0257. The van der Waals surface area contributed by atoms with E-state index in [2.05, 4.69) is 30.6 Å². The molecule has 0 aromatic heterocycles. The maximum absolute atomic E-state index is 13.7. The Balaban J connectivity index is 2.92. The minimum atomic E-state index is -4.98. The summed E-state index contributed by atoms with van der Waals surface area (Å²) in [7, 11) is -4.98. The Morgan fingerprint density at radius 3 is 1.44 bits per heavy atom. The van der Waals surface area contributed by atoms with Crippen molar-refractivity contribution in [2.24, 2.45) is 0 Å². The van der Waals surface area contributed by atoms with E-state index < -0.39 is 65.6 Å². The van der Waals surface area contributed by atoms with Crippen molar-refractivity contribution < 1.29 is 56.0 Å². The summed E-state index contributed by atoms with van der Waals surface area (Å²) in [4.78, 5) is 40.0. The molecule has 1 aliphatic heterocycles. The fourth-order valence-corrected chi connectivity index (χ4v) is 8.78. The molecule has 0 spiro atoms. The normalized spacial score (nSPS) is 19.8. The maximum atomic E-state index is 13.7. The van der Waals surface area contributed by atoms with Crippen LogP contribution < -0.4 is 5.32 Å². The molecule has 1 fully saturated rings.